The van der Waals surface area contributed by atoms with E-state index in [1.165, 1.54) is 10.6 Å². The van der Waals surface area contributed by atoms with E-state index in [0.29, 0.717) is 11.4 Å². The summed E-state index contributed by atoms with van der Waals surface area (Å²) >= 11 is 0. The molecule has 0 bridgehead atoms. The van der Waals surface area contributed by atoms with Crippen molar-refractivity contribution >= 4 is 17.6 Å². The predicted molar refractivity (Wildman–Crippen MR) is 68.1 cm³/mol. The van der Waals surface area contributed by atoms with Gasteiger partial charge in [0, 0.05) is 6.20 Å². The van der Waals surface area contributed by atoms with Gasteiger partial charge in [-0.15, -0.1) is 0 Å². The summed E-state index contributed by atoms with van der Waals surface area (Å²) in [5.41, 5.74) is 2.17. The molecule has 7 heteroatoms. The first-order chi connectivity index (χ1) is 8.99. The molecule has 0 aliphatic carbocycles. The molecule has 0 saturated carbocycles. The second kappa shape index (κ2) is 4.97. The number of rotatable bonds is 4. The molecule has 2 heterocycles. The maximum Gasteiger partial charge on any atom is 0.352 e. The number of H-pyrrole nitrogens is 1. The number of nitrogens with zero attached hydrogens (tertiary/aromatic N) is 2. The van der Waals surface area contributed by atoms with E-state index in [-0.39, 0.29) is 18.1 Å². The Labute approximate surface area is 109 Å². The third-order valence-corrected chi connectivity index (χ3v) is 2.76. The van der Waals surface area contributed by atoms with Crippen molar-refractivity contribution < 1.29 is 14.7 Å². The van der Waals surface area contributed by atoms with E-state index in [0.717, 1.165) is 5.69 Å². The minimum Gasteiger partial charge on any atom is -0.477 e. The fourth-order valence-electron chi connectivity index (χ4n) is 1.81. The van der Waals surface area contributed by atoms with E-state index in [1.807, 2.05) is 0 Å². The molecule has 2 aromatic rings. The molecular formula is C12H14N4O3. The number of carboxylic acid groups (broad SMARTS) is 1. The number of amides is 1. The number of hydrogen-bond donors (Lipinski definition) is 3. The van der Waals surface area contributed by atoms with Gasteiger partial charge in [0.2, 0.25) is 5.91 Å². The lowest BCUT2D eigenvalue weighted by molar-refractivity contribution is -0.116. The number of carbonyl (C=O) groups excluding carboxylic acids is 1. The Morgan fingerprint density at radius 2 is 2.21 bits per heavy atom. The van der Waals surface area contributed by atoms with Crippen LogP contribution in [0.2, 0.25) is 0 Å². The van der Waals surface area contributed by atoms with Gasteiger partial charge in [-0.05, 0) is 26.0 Å². The highest BCUT2D eigenvalue weighted by Gasteiger charge is 2.14. The van der Waals surface area contributed by atoms with Crippen LogP contribution in [0, 0.1) is 13.8 Å². The first-order valence-corrected chi connectivity index (χ1v) is 5.69. The van der Waals surface area contributed by atoms with Gasteiger partial charge in [0.25, 0.3) is 0 Å². The highest BCUT2D eigenvalue weighted by atomic mass is 16.4. The summed E-state index contributed by atoms with van der Waals surface area (Å²) in [7, 11) is 0. The third-order valence-electron chi connectivity index (χ3n) is 2.76. The summed E-state index contributed by atoms with van der Waals surface area (Å²) in [6.07, 6.45) is 1.55. The first-order valence-electron chi connectivity index (χ1n) is 5.69. The van der Waals surface area contributed by atoms with Crippen LogP contribution in [0.15, 0.2) is 18.3 Å². The predicted octanol–water partition coefficient (Wildman–Crippen LogP) is 1.16. The minimum atomic E-state index is -1.06. The first kappa shape index (κ1) is 12.9. The maximum atomic E-state index is 11.9. The van der Waals surface area contributed by atoms with Crippen LogP contribution in [0.1, 0.15) is 21.9 Å². The largest absolute Gasteiger partial charge is 0.477 e. The van der Waals surface area contributed by atoms with Gasteiger partial charge in [-0.2, -0.15) is 5.10 Å². The summed E-state index contributed by atoms with van der Waals surface area (Å²) in [6, 6.07) is 3.04. The van der Waals surface area contributed by atoms with E-state index in [1.54, 1.807) is 26.1 Å². The van der Waals surface area contributed by atoms with E-state index in [9.17, 15) is 9.59 Å². The Hall–Kier alpha value is -2.57. The molecule has 0 fully saturated rings. The van der Waals surface area contributed by atoms with Gasteiger partial charge < -0.3 is 15.0 Å². The Bertz CT molecular complexity index is 607. The number of carboxylic acids is 1. The monoisotopic (exact) mass is 262 g/mol. The Morgan fingerprint density at radius 3 is 2.79 bits per heavy atom. The molecule has 0 radical (unpaired) electrons. The van der Waals surface area contributed by atoms with E-state index in [4.69, 9.17) is 5.11 Å². The lowest BCUT2D eigenvalue weighted by Crippen LogP contribution is -2.21. The molecule has 1 amide bonds. The average molecular weight is 262 g/mol. The summed E-state index contributed by atoms with van der Waals surface area (Å²) in [4.78, 5) is 22.8. The molecule has 3 N–H and O–H groups in total. The SMILES string of the molecule is Cc1n[nH]c(C)c1NC(=O)Cn1cccc1C(=O)O. The highest BCUT2D eigenvalue weighted by molar-refractivity contribution is 5.93. The van der Waals surface area contributed by atoms with Crippen LogP contribution >= 0.6 is 0 Å². The van der Waals surface area contributed by atoms with Gasteiger partial charge in [-0.3, -0.25) is 9.89 Å². The number of carbonyl (C=O) groups is 2. The van der Waals surface area contributed by atoms with Crippen molar-refractivity contribution in [1.82, 2.24) is 14.8 Å². The molecule has 2 aromatic heterocycles. The molecule has 0 aliphatic heterocycles. The zero-order chi connectivity index (χ0) is 14.0. The van der Waals surface area contributed by atoms with Gasteiger partial charge in [-0.1, -0.05) is 0 Å². The van der Waals surface area contributed by atoms with Gasteiger partial charge in [-0.25, -0.2) is 4.79 Å². The van der Waals surface area contributed by atoms with Gasteiger partial charge in [0.1, 0.15) is 12.2 Å². The van der Waals surface area contributed by atoms with E-state index < -0.39 is 5.97 Å². The number of nitrogens with one attached hydrogen (secondary N) is 2. The number of aromatic carboxylic acids is 1. The van der Waals surface area contributed by atoms with Gasteiger partial charge in [0.05, 0.1) is 17.1 Å². The molecule has 0 aromatic carbocycles. The minimum absolute atomic E-state index is 0.0569. The van der Waals surface area contributed by atoms with Crippen molar-refractivity contribution in [2.24, 2.45) is 0 Å². The number of aryl methyl sites for hydroxylation is 2. The number of hydrogen-bond acceptors (Lipinski definition) is 3. The van der Waals surface area contributed by atoms with Crippen LogP contribution in [0.4, 0.5) is 5.69 Å². The standard InChI is InChI=1S/C12H14N4O3/c1-7-11(8(2)15-14-7)13-10(17)6-16-5-3-4-9(16)12(18)19/h3-5H,6H2,1-2H3,(H,13,17)(H,14,15)(H,18,19). The van der Waals surface area contributed by atoms with Gasteiger partial charge >= 0.3 is 5.97 Å². The third kappa shape index (κ3) is 2.65. The lowest BCUT2D eigenvalue weighted by atomic mass is 10.3. The van der Waals surface area contributed by atoms with Crippen molar-refractivity contribution in [2.75, 3.05) is 5.32 Å². The quantitative estimate of drug-likeness (QED) is 0.769. The molecule has 19 heavy (non-hydrogen) atoms. The summed E-state index contributed by atoms with van der Waals surface area (Å²) in [5.74, 6) is -1.36. The zero-order valence-corrected chi connectivity index (χ0v) is 10.6. The van der Waals surface area contributed by atoms with Crippen LogP contribution < -0.4 is 5.32 Å². The molecule has 0 saturated heterocycles. The smallest absolute Gasteiger partial charge is 0.352 e. The van der Waals surface area contributed by atoms with Crippen molar-refractivity contribution in [3.8, 4) is 0 Å². The molecule has 7 nitrogen and oxygen atoms in total. The van der Waals surface area contributed by atoms with Crippen molar-refractivity contribution in [1.29, 1.82) is 0 Å². The molecule has 2 rings (SSSR count). The lowest BCUT2D eigenvalue weighted by Gasteiger charge is -2.08. The normalized spacial score (nSPS) is 10.4. The summed E-state index contributed by atoms with van der Waals surface area (Å²) in [5, 5.41) is 18.4. The van der Waals surface area contributed by atoms with Crippen LogP contribution in [-0.2, 0) is 11.3 Å². The molecule has 0 atom stereocenters. The highest BCUT2D eigenvalue weighted by Crippen LogP contribution is 2.16. The number of anilines is 1. The number of aromatic amines is 1. The molecule has 0 aliphatic rings. The van der Waals surface area contributed by atoms with Gasteiger partial charge in [0.15, 0.2) is 0 Å². The van der Waals surface area contributed by atoms with Crippen LogP contribution in [0.5, 0.6) is 0 Å². The van der Waals surface area contributed by atoms with Crippen molar-refractivity contribution in [3.63, 3.8) is 0 Å². The van der Waals surface area contributed by atoms with Crippen molar-refractivity contribution in [2.45, 2.75) is 20.4 Å². The molecule has 0 spiro atoms. The Balaban J connectivity index is 2.10. The van der Waals surface area contributed by atoms with Crippen molar-refractivity contribution in [3.05, 3.63) is 35.4 Å². The molecular weight excluding hydrogens is 248 g/mol. The Kier molecular flexibility index (Phi) is 3.37. The summed E-state index contributed by atoms with van der Waals surface area (Å²) in [6.45, 7) is 3.52. The molecule has 100 valence electrons. The van der Waals surface area contributed by atoms with E-state index >= 15 is 0 Å². The fraction of sp³-hybridized carbons (Fsp3) is 0.250. The number of aromatic nitrogens is 3. The fourth-order valence-corrected chi connectivity index (χ4v) is 1.81. The topological polar surface area (TPSA) is 100 Å². The zero-order valence-electron chi connectivity index (χ0n) is 10.6. The second-order valence-corrected chi connectivity index (χ2v) is 4.18. The molecule has 0 unspecified atom stereocenters. The second-order valence-electron chi connectivity index (χ2n) is 4.18. The van der Waals surface area contributed by atoms with Crippen LogP contribution in [0.3, 0.4) is 0 Å². The van der Waals surface area contributed by atoms with E-state index in [2.05, 4.69) is 15.5 Å². The van der Waals surface area contributed by atoms with Crippen LogP contribution in [0.25, 0.3) is 0 Å². The van der Waals surface area contributed by atoms with Crippen LogP contribution in [-0.4, -0.2) is 31.7 Å². The maximum absolute atomic E-state index is 11.9. The Morgan fingerprint density at radius 1 is 1.47 bits per heavy atom. The average Bonchev–Trinajstić information content (AvgIpc) is 2.91. The summed E-state index contributed by atoms with van der Waals surface area (Å²) < 4.78 is 1.38.